The monoisotopic (exact) mass is 488 g/mol. The first kappa shape index (κ1) is 26.1. The van der Waals surface area contributed by atoms with Crippen LogP contribution in [0.5, 0.6) is 0 Å². The van der Waals surface area contributed by atoms with Gasteiger partial charge in [-0.1, -0.05) is 0 Å². The number of benzene rings is 1. The van der Waals surface area contributed by atoms with Crippen molar-refractivity contribution in [3.63, 3.8) is 0 Å². The van der Waals surface area contributed by atoms with Crippen molar-refractivity contribution < 1.29 is 58.7 Å². The van der Waals surface area contributed by atoms with E-state index in [9.17, 15) is 64.4 Å². The topological polar surface area (TPSA) is 130 Å². The summed E-state index contributed by atoms with van der Waals surface area (Å²) in [4.78, 5) is 29.9. The maximum atomic E-state index is 13.3. The molecule has 1 atom stereocenters. The van der Waals surface area contributed by atoms with Crippen LogP contribution in [-0.4, -0.2) is 56.6 Å². The summed E-state index contributed by atoms with van der Waals surface area (Å²) >= 11 is 0. The normalized spacial score (nSPS) is 13.7. The number of nitro groups is 2. The fourth-order valence-corrected chi connectivity index (χ4v) is 2.86. The number of alkyl halides is 8. The SMILES string of the molecule is O=C(CS(=O)c1ccc([N+](=O)[O-])cc1[N+](=O)[O-])OCC(F)(F)C(F)(F)C(F)(F)C(F)F. The van der Waals surface area contributed by atoms with E-state index in [1.807, 2.05) is 0 Å². The predicted molar refractivity (Wildman–Crippen MR) is 82.8 cm³/mol. The molecule has 0 N–H and O–H groups in total. The van der Waals surface area contributed by atoms with Gasteiger partial charge in [-0.3, -0.25) is 29.2 Å². The highest BCUT2D eigenvalue weighted by Crippen LogP contribution is 2.48. The molecule has 18 heteroatoms. The third-order valence-corrected chi connectivity index (χ3v) is 4.74. The quantitative estimate of drug-likeness (QED) is 0.214. The average molecular weight is 488 g/mol. The fourth-order valence-electron chi connectivity index (χ4n) is 1.82. The number of hydrogen-bond donors (Lipinski definition) is 0. The minimum atomic E-state index is -6.63. The van der Waals surface area contributed by atoms with E-state index in [0.717, 1.165) is 0 Å². The summed E-state index contributed by atoms with van der Waals surface area (Å²) < 4.78 is 118. The van der Waals surface area contributed by atoms with Crippen LogP contribution in [-0.2, 0) is 20.3 Å². The van der Waals surface area contributed by atoms with Gasteiger partial charge in [0.15, 0.2) is 6.61 Å². The van der Waals surface area contributed by atoms with Crippen molar-refractivity contribution >= 4 is 28.1 Å². The lowest BCUT2D eigenvalue weighted by atomic mass is 10.1. The van der Waals surface area contributed by atoms with Crippen molar-refractivity contribution in [3.05, 3.63) is 38.4 Å². The maximum absolute atomic E-state index is 13.3. The van der Waals surface area contributed by atoms with E-state index in [2.05, 4.69) is 4.74 Å². The Kier molecular flexibility index (Phi) is 7.64. The maximum Gasteiger partial charge on any atom is 0.381 e. The first-order chi connectivity index (χ1) is 14.0. The van der Waals surface area contributed by atoms with E-state index < -0.39 is 79.4 Å². The van der Waals surface area contributed by atoms with E-state index in [0.29, 0.717) is 18.2 Å². The van der Waals surface area contributed by atoms with E-state index in [1.165, 1.54) is 0 Å². The standard InChI is InChI=1S/C13H8F8N2O7S/c14-10(15)12(18,19)13(20,21)11(16,17)5-30-9(24)4-31(29)8-2-1-6(22(25)26)3-7(8)23(27)28/h1-3,10H,4-5H2. The predicted octanol–water partition coefficient (Wildman–Crippen LogP) is 3.32. The number of nitrogens with zero attached hydrogens (tertiary/aromatic N) is 2. The Hall–Kier alpha value is -2.92. The molecule has 0 heterocycles. The van der Waals surface area contributed by atoms with Gasteiger partial charge < -0.3 is 4.74 Å². The van der Waals surface area contributed by atoms with Crippen LogP contribution in [0.3, 0.4) is 0 Å². The second kappa shape index (κ2) is 9.06. The Morgan fingerprint density at radius 3 is 2.06 bits per heavy atom. The highest BCUT2D eigenvalue weighted by atomic mass is 32.2. The molecule has 0 fully saturated rings. The van der Waals surface area contributed by atoms with Crippen molar-refractivity contribution in [2.45, 2.75) is 29.1 Å². The second-order valence-corrected chi connectivity index (χ2v) is 6.94. The molecule has 9 nitrogen and oxygen atoms in total. The van der Waals surface area contributed by atoms with E-state index in [1.54, 1.807) is 0 Å². The summed E-state index contributed by atoms with van der Waals surface area (Å²) in [5.41, 5.74) is -1.93. The van der Waals surface area contributed by atoms with Crippen molar-refractivity contribution in [3.8, 4) is 0 Å². The third kappa shape index (κ3) is 5.42. The van der Waals surface area contributed by atoms with Crippen LogP contribution < -0.4 is 0 Å². The number of carbonyl (C=O) groups excluding carboxylic acids is 1. The molecule has 0 bridgehead atoms. The third-order valence-electron chi connectivity index (χ3n) is 3.41. The van der Waals surface area contributed by atoms with Gasteiger partial charge in [-0.15, -0.1) is 0 Å². The lowest BCUT2D eigenvalue weighted by molar-refractivity contribution is -0.396. The molecule has 0 saturated heterocycles. The van der Waals surface area contributed by atoms with E-state index >= 15 is 0 Å². The zero-order valence-corrected chi connectivity index (χ0v) is 15.2. The number of hydrogen-bond acceptors (Lipinski definition) is 7. The summed E-state index contributed by atoms with van der Waals surface area (Å²) in [5, 5.41) is 21.5. The molecule has 0 aliphatic carbocycles. The van der Waals surface area contributed by atoms with Gasteiger partial charge in [0.25, 0.3) is 11.4 Å². The van der Waals surface area contributed by atoms with Gasteiger partial charge >= 0.3 is 30.2 Å². The van der Waals surface area contributed by atoms with Crippen LogP contribution in [0.15, 0.2) is 23.1 Å². The van der Waals surface area contributed by atoms with Gasteiger partial charge in [0.05, 0.1) is 26.7 Å². The molecule has 31 heavy (non-hydrogen) atoms. The van der Waals surface area contributed by atoms with Crippen molar-refractivity contribution in [1.29, 1.82) is 0 Å². The van der Waals surface area contributed by atoms with Gasteiger partial charge in [-0.25, -0.2) is 8.78 Å². The van der Waals surface area contributed by atoms with E-state index in [4.69, 9.17) is 0 Å². The average Bonchev–Trinajstić information content (AvgIpc) is 2.65. The summed E-state index contributed by atoms with van der Waals surface area (Å²) in [6.45, 7) is -2.80. The number of esters is 1. The molecule has 1 unspecified atom stereocenters. The van der Waals surface area contributed by atoms with Crippen LogP contribution >= 0.6 is 0 Å². The molecular formula is C13H8F8N2O7S. The molecule has 1 rings (SSSR count). The molecule has 0 aliphatic rings. The van der Waals surface area contributed by atoms with Gasteiger partial charge in [0.2, 0.25) is 0 Å². The summed E-state index contributed by atoms with van der Waals surface area (Å²) in [6, 6.07) is 1.60. The van der Waals surface area contributed by atoms with Crippen LogP contribution in [0.4, 0.5) is 46.5 Å². The Labute approximate surface area is 167 Å². The Balaban J connectivity index is 2.96. The molecule has 0 radical (unpaired) electrons. The van der Waals surface area contributed by atoms with Crippen LogP contribution in [0.25, 0.3) is 0 Å². The molecule has 0 spiro atoms. The second-order valence-electron chi connectivity index (χ2n) is 5.52. The lowest BCUT2D eigenvalue weighted by Gasteiger charge is -2.31. The molecular weight excluding hydrogens is 480 g/mol. The first-order valence-electron chi connectivity index (χ1n) is 7.34. The van der Waals surface area contributed by atoms with Crippen molar-refractivity contribution in [2.75, 3.05) is 12.4 Å². The lowest BCUT2D eigenvalue weighted by Crippen LogP contribution is -2.59. The fraction of sp³-hybridized carbons (Fsp3) is 0.462. The smallest absolute Gasteiger partial charge is 0.381 e. The molecule has 1 aromatic rings. The van der Waals surface area contributed by atoms with Gasteiger partial charge in [-0.05, 0) is 6.07 Å². The summed E-state index contributed by atoms with van der Waals surface area (Å²) in [7, 11) is -2.78. The Morgan fingerprint density at radius 1 is 1.06 bits per heavy atom. The minimum Gasteiger partial charge on any atom is -0.458 e. The molecule has 174 valence electrons. The molecule has 0 saturated carbocycles. The first-order valence-corrected chi connectivity index (χ1v) is 8.66. The summed E-state index contributed by atoms with van der Waals surface area (Å²) in [6.07, 6.45) is -5.18. The molecule has 0 aromatic heterocycles. The van der Waals surface area contributed by atoms with Crippen LogP contribution in [0, 0.1) is 20.2 Å². The largest absolute Gasteiger partial charge is 0.458 e. The number of carbonyl (C=O) groups is 1. The van der Waals surface area contributed by atoms with Crippen LogP contribution in [0.2, 0.25) is 0 Å². The number of halogens is 8. The van der Waals surface area contributed by atoms with Gasteiger partial charge in [-0.2, -0.15) is 26.3 Å². The van der Waals surface area contributed by atoms with Crippen molar-refractivity contribution in [2.24, 2.45) is 0 Å². The van der Waals surface area contributed by atoms with E-state index in [-0.39, 0.29) is 0 Å². The zero-order chi connectivity index (χ0) is 24.4. The van der Waals surface area contributed by atoms with Crippen LogP contribution in [0.1, 0.15) is 0 Å². The highest BCUT2D eigenvalue weighted by Gasteiger charge is 2.75. The molecule has 0 aliphatic heterocycles. The number of ether oxygens (including phenoxy) is 1. The van der Waals surface area contributed by atoms with Gasteiger partial charge in [0, 0.05) is 6.07 Å². The Morgan fingerprint density at radius 2 is 1.61 bits per heavy atom. The zero-order valence-electron chi connectivity index (χ0n) is 14.4. The number of non-ortho nitro benzene ring substituents is 1. The molecule has 0 amide bonds. The number of rotatable bonds is 10. The molecule has 1 aromatic carbocycles. The van der Waals surface area contributed by atoms with Crippen molar-refractivity contribution in [1.82, 2.24) is 0 Å². The minimum absolute atomic E-state index is 0.361. The highest BCUT2D eigenvalue weighted by molar-refractivity contribution is 7.85. The van der Waals surface area contributed by atoms with Gasteiger partial charge in [0.1, 0.15) is 10.6 Å². The Bertz CT molecular complexity index is 912. The summed E-state index contributed by atoms with van der Waals surface area (Å²) in [5.74, 6) is -22.6. The number of nitro benzene ring substituents is 2.